The van der Waals surface area contributed by atoms with Crippen LogP contribution >= 0.6 is 0 Å². The summed E-state index contributed by atoms with van der Waals surface area (Å²) >= 11 is 0. The number of aryl methyl sites for hydroxylation is 1. The summed E-state index contributed by atoms with van der Waals surface area (Å²) in [5.74, 6) is -0.736. The summed E-state index contributed by atoms with van der Waals surface area (Å²) in [7, 11) is -7.63. The van der Waals surface area contributed by atoms with Crippen molar-refractivity contribution in [2.24, 2.45) is 5.10 Å². The fourth-order valence-corrected chi connectivity index (χ4v) is 5.77. The fraction of sp³-hybridized carbons (Fsp3) is 0.208. The minimum Gasteiger partial charge on any atom is -0.284 e. The van der Waals surface area contributed by atoms with Gasteiger partial charge in [-0.25, -0.2) is 12.8 Å². The number of benzene rings is 3. The Balaban J connectivity index is 1.77. The van der Waals surface area contributed by atoms with Gasteiger partial charge in [0.15, 0.2) is 0 Å². The molecule has 7 nitrogen and oxygen atoms in total. The van der Waals surface area contributed by atoms with Gasteiger partial charge in [-0.05, 0) is 55.3 Å². The standard InChI is InChI=1S/C24H24FN3O4S2/c1-3-33(29,30)27-21-8-4-6-19(14-21)23-16-24(18-12-10-17(2)11-13-18)28(26-23)34(31,32)22-9-5-7-20(25)15-22/h4-15,24,27H,3,16H2,1-2H3/t24-/m0/s1. The second-order valence-electron chi connectivity index (χ2n) is 8.00. The van der Waals surface area contributed by atoms with Crippen LogP contribution in [-0.4, -0.2) is 32.7 Å². The summed E-state index contributed by atoms with van der Waals surface area (Å²) in [6.45, 7) is 3.47. The van der Waals surface area contributed by atoms with Crippen LogP contribution in [0.25, 0.3) is 0 Å². The predicted octanol–water partition coefficient (Wildman–Crippen LogP) is 4.44. The van der Waals surface area contributed by atoms with E-state index in [1.807, 2.05) is 31.2 Å². The van der Waals surface area contributed by atoms with Crippen LogP contribution in [0.1, 0.15) is 36.1 Å². The van der Waals surface area contributed by atoms with Crippen LogP contribution in [0.15, 0.2) is 82.8 Å². The lowest BCUT2D eigenvalue weighted by Crippen LogP contribution is -2.27. The molecule has 1 heterocycles. The molecular weight excluding hydrogens is 477 g/mol. The first-order valence-corrected chi connectivity index (χ1v) is 13.7. The Labute approximate surface area is 199 Å². The van der Waals surface area contributed by atoms with Crippen molar-refractivity contribution in [1.82, 2.24) is 4.41 Å². The summed E-state index contributed by atoms with van der Waals surface area (Å²) in [6, 6.07) is 18.3. The Morgan fingerprint density at radius 3 is 2.38 bits per heavy atom. The predicted molar refractivity (Wildman–Crippen MR) is 130 cm³/mol. The van der Waals surface area contributed by atoms with Gasteiger partial charge in [-0.1, -0.05) is 48.0 Å². The van der Waals surface area contributed by atoms with Crippen molar-refractivity contribution in [3.05, 3.63) is 95.3 Å². The molecule has 0 saturated carbocycles. The van der Waals surface area contributed by atoms with E-state index in [1.54, 1.807) is 24.3 Å². The first-order chi connectivity index (χ1) is 16.1. The average molecular weight is 502 g/mol. The molecule has 0 radical (unpaired) electrons. The Hall–Kier alpha value is -3.24. The maximum absolute atomic E-state index is 13.8. The number of nitrogens with one attached hydrogen (secondary N) is 1. The lowest BCUT2D eigenvalue weighted by atomic mass is 9.98. The minimum absolute atomic E-state index is 0.0761. The lowest BCUT2D eigenvalue weighted by Gasteiger charge is -2.23. The zero-order valence-electron chi connectivity index (χ0n) is 18.6. The first kappa shape index (κ1) is 23.9. The second-order valence-corrected chi connectivity index (χ2v) is 11.8. The van der Waals surface area contributed by atoms with Crippen molar-refractivity contribution in [1.29, 1.82) is 0 Å². The molecule has 3 aromatic carbocycles. The van der Waals surface area contributed by atoms with Crippen LogP contribution in [0.2, 0.25) is 0 Å². The van der Waals surface area contributed by atoms with Gasteiger partial charge < -0.3 is 0 Å². The highest BCUT2D eigenvalue weighted by Crippen LogP contribution is 2.37. The van der Waals surface area contributed by atoms with Crippen molar-refractivity contribution in [3.8, 4) is 0 Å². The summed E-state index contributed by atoms with van der Waals surface area (Å²) in [4.78, 5) is -0.195. The third-order valence-corrected chi connectivity index (χ3v) is 8.51. The number of hydrogen-bond donors (Lipinski definition) is 1. The molecule has 34 heavy (non-hydrogen) atoms. The van der Waals surface area contributed by atoms with Gasteiger partial charge in [0, 0.05) is 12.1 Å². The van der Waals surface area contributed by atoms with Crippen LogP contribution in [0.5, 0.6) is 0 Å². The summed E-state index contributed by atoms with van der Waals surface area (Å²) < 4.78 is 68.2. The number of hydrazone groups is 1. The Morgan fingerprint density at radius 1 is 1.00 bits per heavy atom. The van der Waals surface area contributed by atoms with Gasteiger partial charge in [0.2, 0.25) is 10.0 Å². The molecule has 1 aliphatic rings. The van der Waals surface area contributed by atoms with Gasteiger partial charge >= 0.3 is 0 Å². The van der Waals surface area contributed by atoms with Gasteiger partial charge in [-0.2, -0.15) is 17.9 Å². The molecule has 0 spiro atoms. The molecule has 1 N–H and O–H groups in total. The third kappa shape index (κ3) is 4.97. The highest BCUT2D eigenvalue weighted by atomic mass is 32.2. The van der Waals surface area contributed by atoms with Crippen LogP contribution in [0.4, 0.5) is 10.1 Å². The summed E-state index contributed by atoms with van der Waals surface area (Å²) in [5, 5.41) is 4.44. The molecule has 1 atom stereocenters. The molecule has 1 aliphatic heterocycles. The van der Waals surface area contributed by atoms with E-state index in [1.165, 1.54) is 25.1 Å². The smallest absolute Gasteiger partial charge is 0.279 e. The average Bonchev–Trinajstić information content (AvgIpc) is 3.26. The fourth-order valence-electron chi connectivity index (χ4n) is 3.67. The zero-order chi connectivity index (χ0) is 24.5. The van der Waals surface area contributed by atoms with E-state index in [-0.39, 0.29) is 17.1 Å². The van der Waals surface area contributed by atoms with E-state index < -0.39 is 31.9 Å². The number of rotatable bonds is 7. The quantitative estimate of drug-likeness (QED) is 0.518. The van der Waals surface area contributed by atoms with Crippen molar-refractivity contribution in [2.75, 3.05) is 10.5 Å². The molecule has 0 amide bonds. The zero-order valence-corrected chi connectivity index (χ0v) is 20.3. The van der Waals surface area contributed by atoms with Crippen molar-refractivity contribution < 1.29 is 21.2 Å². The molecule has 0 bridgehead atoms. The Morgan fingerprint density at radius 2 is 1.71 bits per heavy atom. The van der Waals surface area contributed by atoms with Crippen LogP contribution in [-0.2, 0) is 20.0 Å². The number of hydrogen-bond acceptors (Lipinski definition) is 5. The molecule has 0 unspecified atom stereocenters. The number of nitrogens with zero attached hydrogens (tertiary/aromatic N) is 2. The molecule has 0 aromatic heterocycles. The largest absolute Gasteiger partial charge is 0.284 e. The molecule has 10 heteroatoms. The maximum atomic E-state index is 13.8. The summed E-state index contributed by atoms with van der Waals surface area (Å²) in [5.41, 5.74) is 3.19. The van der Waals surface area contributed by atoms with E-state index in [4.69, 9.17) is 0 Å². The Bertz CT molecular complexity index is 1450. The third-order valence-electron chi connectivity index (χ3n) is 5.52. The van der Waals surface area contributed by atoms with Gasteiger partial charge in [0.1, 0.15) is 5.82 Å². The van der Waals surface area contributed by atoms with Gasteiger partial charge in [0.05, 0.1) is 22.4 Å². The maximum Gasteiger partial charge on any atom is 0.279 e. The molecule has 0 aliphatic carbocycles. The molecule has 0 saturated heterocycles. The van der Waals surface area contributed by atoms with Crippen LogP contribution in [0, 0.1) is 12.7 Å². The van der Waals surface area contributed by atoms with Crippen LogP contribution < -0.4 is 4.72 Å². The van der Waals surface area contributed by atoms with E-state index in [0.717, 1.165) is 21.6 Å². The highest BCUT2D eigenvalue weighted by molar-refractivity contribution is 7.92. The van der Waals surface area contributed by atoms with Gasteiger partial charge in [-0.15, -0.1) is 0 Å². The minimum atomic E-state index is -4.16. The van der Waals surface area contributed by atoms with Crippen molar-refractivity contribution in [2.45, 2.75) is 31.2 Å². The van der Waals surface area contributed by atoms with E-state index in [0.29, 0.717) is 17.0 Å². The number of halogens is 1. The monoisotopic (exact) mass is 501 g/mol. The topological polar surface area (TPSA) is 95.9 Å². The molecule has 0 fully saturated rings. The second kappa shape index (κ2) is 9.19. The molecule has 178 valence electrons. The Kier molecular flexibility index (Phi) is 6.46. The van der Waals surface area contributed by atoms with Gasteiger partial charge in [0.25, 0.3) is 10.0 Å². The normalized spacial score (nSPS) is 16.4. The van der Waals surface area contributed by atoms with Crippen molar-refractivity contribution in [3.63, 3.8) is 0 Å². The summed E-state index contributed by atoms with van der Waals surface area (Å²) in [6.07, 6.45) is 0.265. The first-order valence-electron chi connectivity index (χ1n) is 10.6. The van der Waals surface area contributed by atoms with Gasteiger partial charge in [-0.3, -0.25) is 4.72 Å². The SMILES string of the molecule is CCS(=O)(=O)Nc1cccc(C2=NN(S(=O)(=O)c3cccc(F)c3)[C@H](c3ccc(C)cc3)C2)c1. The van der Waals surface area contributed by atoms with E-state index >= 15 is 0 Å². The van der Waals surface area contributed by atoms with E-state index in [2.05, 4.69) is 9.82 Å². The van der Waals surface area contributed by atoms with E-state index in [9.17, 15) is 21.2 Å². The molecular formula is C24H24FN3O4S2. The number of anilines is 1. The molecule has 4 rings (SSSR count). The van der Waals surface area contributed by atoms with Crippen molar-refractivity contribution >= 4 is 31.4 Å². The highest BCUT2D eigenvalue weighted by Gasteiger charge is 2.38. The molecule has 3 aromatic rings. The lowest BCUT2D eigenvalue weighted by molar-refractivity contribution is 0.371. The number of sulfonamides is 2. The van der Waals surface area contributed by atoms with Crippen LogP contribution in [0.3, 0.4) is 0 Å².